The molecule has 3 N–H and O–H groups in total. The third-order valence-electron chi connectivity index (χ3n) is 2.94. The second kappa shape index (κ2) is 8.25. The maximum absolute atomic E-state index is 11.9. The molecule has 0 aromatic heterocycles. The number of nitrogens with zero attached hydrogens (tertiary/aromatic N) is 2. The number of amides is 2. The van der Waals surface area contributed by atoms with Gasteiger partial charge in [0.1, 0.15) is 5.84 Å². The molecule has 126 valence electrons. The number of hydrogen-bond donors (Lipinski definition) is 2. The van der Waals surface area contributed by atoms with E-state index in [0.717, 1.165) is 0 Å². The molecule has 8 nitrogen and oxygen atoms in total. The standard InChI is InChI=1S/C15H16N4O4S/c1-23-14(22)9-2-4-10(5-3-9)17-12(20)6-7-24-15-18-11(16)8-13(21)19-15/h2-5H,6-8H2,1H3,(H,17,20)(H2,16,18,19,21). The molecule has 0 spiro atoms. The van der Waals surface area contributed by atoms with Gasteiger partial charge in [0.25, 0.3) is 5.91 Å². The van der Waals surface area contributed by atoms with Crippen molar-refractivity contribution < 1.29 is 19.1 Å². The molecule has 0 aliphatic carbocycles. The largest absolute Gasteiger partial charge is 0.465 e. The predicted octanol–water partition coefficient (Wildman–Crippen LogP) is 1.18. The van der Waals surface area contributed by atoms with Gasteiger partial charge in [-0.2, -0.15) is 4.99 Å². The van der Waals surface area contributed by atoms with Crippen LogP contribution >= 0.6 is 11.8 Å². The van der Waals surface area contributed by atoms with Crippen molar-refractivity contribution >= 4 is 46.2 Å². The maximum Gasteiger partial charge on any atom is 0.337 e. The van der Waals surface area contributed by atoms with E-state index >= 15 is 0 Å². The van der Waals surface area contributed by atoms with Gasteiger partial charge >= 0.3 is 5.97 Å². The number of rotatable bonds is 5. The molecule has 24 heavy (non-hydrogen) atoms. The first-order valence-electron chi connectivity index (χ1n) is 7.03. The minimum absolute atomic E-state index is 0.0338. The quantitative estimate of drug-likeness (QED) is 0.770. The molecule has 1 aliphatic rings. The number of anilines is 1. The molecule has 1 aliphatic heterocycles. The first-order valence-corrected chi connectivity index (χ1v) is 8.02. The molecular weight excluding hydrogens is 332 g/mol. The van der Waals surface area contributed by atoms with Gasteiger partial charge in [0, 0.05) is 17.9 Å². The lowest BCUT2D eigenvalue weighted by Gasteiger charge is -2.08. The van der Waals surface area contributed by atoms with Crippen molar-refractivity contribution in [3.63, 3.8) is 0 Å². The third kappa shape index (κ3) is 5.20. The SMILES string of the molecule is COC(=O)c1ccc(NC(=O)CCSC2=NC(=O)CC(N)=N2)cc1. The Hall–Kier alpha value is -2.68. The van der Waals surface area contributed by atoms with Crippen LogP contribution in [0.1, 0.15) is 23.2 Å². The molecule has 1 aromatic carbocycles. The fraction of sp³-hybridized carbons (Fsp3) is 0.267. The summed E-state index contributed by atoms with van der Waals surface area (Å²) in [5.41, 5.74) is 6.49. The number of carbonyl (C=O) groups is 3. The highest BCUT2D eigenvalue weighted by Crippen LogP contribution is 2.14. The highest BCUT2D eigenvalue weighted by molar-refractivity contribution is 8.13. The summed E-state index contributed by atoms with van der Waals surface area (Å²) in [5, 5.41) is 2.99. The second-order valence-electron chi connectivity index (χ2n) is 4.78. The van der Waals surface area contributed by atoms with Gasteiger partial charge in [-0.25, -0.2) is 9.79 Å². The Kier molecular flexibility index (Phi) is 6.07. The number of esters is 1. The van der Waals surface area contributed by atoms with Crippen molar-refractivity contribution in [2.75, 3.05) is 18.2 Å². The minimum Gasteiger partial charge on any atom is -0.465 e. The first-order chi connectivity index (χ1) is 11.5. The molecule has 1 aromatic rings. The lowest BCUT2D eigenvalue weighted by atomic mass is 10.2. The molecule has 9 heteroatoms. The fourth-order valence-electron chi connectivity index (χ4n) is 1.82. The van der Waals surface area contributed by atoms with Gasteiger partial charge in [0.2, 0.25) is 5.91 Å². The lowest BCUT2D eigenvalue weighted by molar-refractivity contribution is -0.117. The molecule has 0 atom stereocenters. The van der Waals surface area contributed by atoms with E-state index in [9.17, 15) is 14.4 Å². The summed E-state index contributed by atoms with van der Waals surface area (Å²) >= 11 is 1.19. The number of methoxy groups -OCH3 is 1. The van der Waals surface area contributed by atoms with Crippen LogP contribution in [0.15, 0.2) is 34.3 Å². The maximum atomic E-state index is 11.9. The number of benzene rings is 1. The smallest absolute Gasteiger partial charge is 0.337 e. The molecule has 1 heterocycles. The molecule has 2 amide bonds. The number of amidine groups is 2. The number of ether oxygens (including phenoxy) is 1. The Morgan fingerprint density at radius 2 is 2.00 bits per heavy atom. The lowest BCUT2D eigenvalue weighted by Crippen LogP contribution is -2.22. The van der Waals surface area contributed by atoms with Crippen molar-refractivity contribution in [2.45, 2.75) is 12.8 Å². The van der Waals surface area contributed by atoms with Crippen LogP contribution in [-0.4, -0.2) is 41.6 Å². The summed E-state index contributed by atoms with van der Waals surface area (Å²) in [7, 11) is 1.30. The molecule has 0 bridgehead atoms. The van der Waals surface area contributed by atoms with Crippen LogP contribution in [0, 0.1) is 0 Å². The summed E-state index contributed by atoms with van der Waals surface area (Å²) in [6.07, 6.45) is 0.248. The summed E-state index contributed by atoms with van der Waals surface area (Å²) in [5.74, 6) is -0.331. The van der Waals surface area contributed by atoms with Crippen molar-refractivity contribution in [1.82, 2.24) is 0 Å². The van der Waals surface area contributed by atoms with Crippen molar-refractivity contribution in [3.05, 3.63) is 29.8 Å². The van der Waals surface area contributed by atoms with Crippen LogP contribution in [0.25, 0.3) is 0 Å². The molecule has 0 unspecified atom stereocenters. The number of nitrogens with two attached hydrogens (primary N) is 1. The predicted molar refractivity (Wildman–Crippen MR) is 92.2 cm³/mol. The normalized spacial score (nSPS) is 13.8. The van der Waals surface area contributed by atoms with Gasteiger partial charge < -0.3 is 15.8 Å². The summed E-state index contributed by atoms with van der Waals surface area (Å²) in [4.78, 5) is 42.1. The van der Waals surface area contributed by atoms with Crippen molar-refractivity contribution in [3.8, 4) is 0 Å². The monoisotopic (exact) mass is 348 g/mol. The Labute approximate surface area is 142 Å². The fourth-order valence-corrected chi connectivity index (χ4v) is 2.64. The van der Waals surface area contributed by atoms with Gasteiger partial charge in [-0.3, -0.25) is 9.59 Å². The summed E-state index contributed by atoms with van der Waals surface area (Å²) in [6, 6.07) is 6.37. The van der Waals surface area contributed by atoms with Crippen molar-refractivity contribution in [1.29, 1.82) is 0 Å². The zero-order valence-electron chi connectivity index (χ0n) is 12.9. The number of thioether (sulfide) groups is 1. The van der Waals surface area contributed by atoms with E-state index in [-0.39, 0.29) is 35.7 Å². The van der Waals surface area contributed by atoms with Gasteiger partial charge in [-0.05, 0) is 24.3 Å². The third-order valence-corrected chi connectivity index (χ3v) is 3.79. The van der Waals surface area contributed by atoms with Crippen LogP contribution in [0.3, 0.4) is 0 Å². The number of carbonyl (C=O) groups excluding carboxylic acids is 3. The second-order valence-corrected chi connectivity index (χ2v) is 5.85. The van der Waals surface area contributed by atoms with E-state index in [1.165, 1.54) is 18.9 Å². The topological polar surface area (TPSA) is 123 Å². The van der Waals surface area contributed by atoms with E-state index in [0.29, 0.717) is 17.0 Å². The molecule has 0 saturated carbocycles. The zero-order valence-corrected chi connectivity index (χ0v) is 13.8. The average Bonchev–Trinajstić information content (AvgIpc) is 2.54. The highest BCUT2D eigenvalue weighted by atomic mass is 32.2. The van der Waals surface area contributed by atoms with Gasteiger partial charge in [-0.1, -0.05) is 11.8 Å². The van der Waals surface area contributed by atoms with Crippen LogP contribution < -0.4 is 11.1 Å². The van der Waals surface area contributed by atoms with Crippen LogP contribution in [-0.2, 0) is 14.3 Å². The van der Waals surface area contributed by atoms with E-state index in [4.69, 9.17) is 5.73 Å². The molecule has 0 radical (unpaired) electrons. The average molecular weight is 348 g/mol. The number of aliphatic imine (C=N–C) groups is 2. The van der Waals surface area contributed by atoms with Gasteiger partial charge in [-0.15, -0.1) is 0 Å². The van der Waals surface area contributed by atoms with Gasteiger partial charge in [0.15, 0.2) is 5.17 Å². The van der Waals surface area contributed by atoms with Crippen LogP contribution in [0.2, 0.25) is 0 Å². The Bertz CT molecular complexity index is 713. The van der Waals surface area contributed by atoms with Crippen LogP contribution in [0.5, 0.6) is 0 Å². The van der Waals surface area contributed by atoms with Crippen molar-refractivity contribution in [2.24, 2.45) is 15.7 Å². The van der Waals surface area contributed by atoms with Gasteiger partial charge in [0.05, 0.1) is 19.1 Å². The number of nitrogens with one attached hydrogen (secondary N) is 1. The minimum atomic E-state index is -0.438. The summed E-state index contributed by atoms with van der Waals surface area (Å²) < 4.78 is 4.60. The zero-order chi connectivity index (χ0) is 17.5. The Morgan fingerprint density at radius 3 is 2.62 bits per heavy atom. The van der Waals surface area contributed by atoms with E-state index in [1.54, 1.807) is 24.3 Å². The Morgan fingerprint density at radius 1 is 1.29 bits per heavy atom. The first kappa shape index (κ1) is 17.7. The van der Waals surface area contributed by atoms with E-state index < -0.39 is 5.97 Å². The highest BCUT2D eigenvalue weighted by Gasteiger charge is 2.14. The molecule has 0 saturated heterocycles. The molecular formula is C15H16N4O4S. The van der Waals surface area contributed by atoms with Crippen LogP contribution in [0.4, 0.5) is 5.69 Å². The van der Waals surface area contributed by atoms with E-state index in [2.05, 4.69) is 20.0 Å². The molecule has 2 rings (SSSR count). The Balaban J connectivity index is 1.79. The number of hydrogen-bond acceptors (Lipinski definition) is 7. The molecule has 0 fully saturated rings. The summed E-state index contributed by atoms with van der Waals surface area (Å²) in [6.45, 7) is 0. The van der Waals surface area contributed by atoms with E-state index in [1.807, 2.05) is 0 Å².